The number of aliphatic hydroxyl groups is 1. The van der Waals surface area contributed by atoms with Crippen LogP contribution in [0.25, 0.3) is 0 Å². The van der Waals surface area contributed by atoms with Gasteiger partial charge in [0.15, 0.2) is 0 Å². The van der Waals surface area contributed by atoms with E-state index in [2.05, 4.69) is 10.3 Å². The van der Waals surface area contributed by atoms with E-state index in [9.17, 15) is 13.5 Å². The van der Waals surface area contributed by atoms with Crippen LogP contribution >= 0.6 is 0 Å². The molecule has 2 rings (SSSR count). The zero-order valence-electron chi connectivity index (χ0n) is 10.4. The van der Waals surface area contributed by atoms with Crippen molar-refractivity contribution in [2.75, 3.05) is 18.8 Å². The lowest BCUT2D eigenvalue weighted by molar-refractivity contribution is -0.0247. The molecule has 0 aliphatic carbocycles. The fourth-order valence-electron chi connectivity index (χ4n) is 2.24. The van der Waals surface area contributed by atoms with Crippen molar-refractivity contribution in [2.45, 2.75) is 31.9 Å². The quantitative estimate of drug-likeness (QED) is 0.796. The Morgan fingerprint density at radius 3 is 2.89 bits per heavy atom. The van der Waals surface area contributed by atoms with Crippen molar-refractivity contribution in [3.05, 3.63) is 12.4 Å². The molecule has 0 amide bonds. The van der Waals surface area contributed by atoms with Gasteiger partial charge in [-0.15, -0.1) is 5.10 Å². The molecular weight excluding hydrogens is 256 g/mol. The maximum atomic E-state index is 11.8. The lowest BCUT2D eigenvalue weighted by atomic mass is 9.94. The minimum Gasteiger partial charge on any atom is -0.387 e. The topological polar surface area (TPSA) is 88.3 Å². The molecule has 1 aromatic rings. The summed E-state index contributed by atoms with van der Waals surface area (Å²) in [4.78, 5) is 0. The van der Waals surface area contributed by atoms with Crippen molar-refractivity contribution in [2.24, 2.45) is 0 Å². The van der Waals surface area contributed by atoms with Crippen LogP contribution in [0.15, 0.2) is 12.4 Å². The van der Waals surface area contributed by atoms with E-state index in [1.807, 2.05) is 0 Å². The SMILES string of the molecule is CCS(=O)(=O)N1CCCC(O)(Cn2ccnn2)C1. The van der Waals surface area contributed by atoms with Crippen molar-refractivity contribution in [1.82, 2.24) is 19.3 Å². The van der Waals surface area contributed by atoms with Gasteiger partial charge in [-0.3, -0.25) is 0 Å². The maximum Gasteiger partial charge on any atom is 0.213 e. The first-order chi connectivity index (χ1) is 8.45. The number of hydrogen-bond acceptors (Lipinski definition) is 5. The van der Waals surface area contributed by atoms with Crippen LogP contribution in [-0.2, 0) is 16.6 Å². The van der Waals surface area contributed by atoms with Crippen molar-refractivity contribution in [3.63, 3.8) is 0 Å². The second-order valence-electron chi connectivity index (χ2n) is 4.66. The fraction of sp³-hybridized carbons (Fsp3) is 0.800. The van der Waals surface area contributed by atoms with Crippen LogP contribution in [0.1, 0.15) is 19.8 Å². The molecule has 0 spiro atoms. The van der Waals surface area contributed by atoms with E-state index in [4.69, 9.17) is 0 Å². The number of β-amino-alcohol motifs (C(OH)–C–C–N with tert-alkyl or cyclic N) is 1. The summed E-state index contributed by atoms with van der Waals surface area (Å²) in [5, 5.41) is 18.0. The Morgan fingerprint density at radius 2 is 2.28 bits per heavy atom. The van der Waals surface area contributed by atoms with Crippen molar-refractivity contribution >= 4 is 10.0 Å². The van der Waals surface area contributed by atoms with Gasteiger partial charge < -0.3 is 5.11 Å². The molecule has 1 aromatic heterocycles. The van der Waals surface area contributed by atoms with Crippen molar-refractivity contribution < 1.29 is 13.5 Å². The third-order valence-electron chi connectivity index (χ3n) is 3.21. The molecule has 2 heterocycles. The van der Waals surface area contributed by atoms with E-state index in [0.29, 0.717) is 19.4 Å². The molecule has 0 radical (unpaired) electrons. The van der Waals surface area contributed by atoms with E-state index in [1.165, 1.54) is 15.2 Å². The number of sulfonamides is 1. The molecular formula is C10H18N4O3S. The largest absolute Gasteiger partial charge is 0.387 e. The minimum atomic E-state index is -3.24. The highest BCUT2D eigenvalue weighted by Gasteiger charge is 2.37. The molecule has 1 N–H and O–H groups in total. The zero-order valence-corrected chi connectivity index (χ0v) is 11.2. The second kappa shape index (κ2) is 4.94. The average molecular weight is 274 g/mol. The molecule has 1 unspecified atom stereocenters. The Kier molecular flexibility index (Phi) is 3.69. The zero-order chi connectivity index (χ0) is 13.2. The van der Waals surface area contributed by atoms with Gasteiger partial charge in [-0.25, -0.2) is 13.1 Å². The lowest BCUT2D eigenvalue weighted by Gasteiger charge is -2.38. The van der Waals surface area contributed by atoms with Crippen LogP contribution in [0.2, 0.25) is 0 Å². The number of rotatable bonds is 4. The van der Waals surface area contributed by atoms with Gasteiger partial charge >= 0.3 is 0 Å². The van der Waals surface area contributed by atoms with Gasteiger partial charge in [0.2, 0.25) is 10.0 Å². The van der Waals surface area contributed by atoms with E-state index in [1.54, 1.807) is 13.1 Å². The van der Waals surface area contributed by atoms with Crippen LogP contribution in [0.4, 0.5) is 0 Å². The van der Waals surface area contributed by atoms with E-state index in [0.717, 1.165) is 0 Å². The molecule has 18 heavy (non-hydrogen) atoms. The first-order valence-electron chi connectivity index (χ1n) is 5.99. The highest BCUT2D eigenvalue weighted by atomic mass is 32.2. The summed E-state index contributed by atoms with van der Waals surface area (Å²) in [6.07, 6.45) is 4.42. The molecule has 1 saturated heterocycles. The molecule has 1 atom stereocenters. The summed E-state index contributed by atoms with van der Waals surface area (Å²) < 4.78 is 26.5. The highest BCUT2D eigenvalue weighted by molar-refractivity contribution is 7.89. The van der Waals surface area contributed by atoms with E-state index >= 15 is 0 Å². The number of piperidine rings is 1. The summed E-state index contributed by atoms with van der Waals surface area (Å²) >= 11 is 0. The molecule has 1 fully saturated rings. The number of nitrogens with zero attached hydrogens (tertiary/aromatic N) is 4. The monoisotopic (exact) mass is 274 g/mol. The Bertz CT molecular complexity index is 487. The Balaban J connectivity index is 2.10. The predicted octanol–water partition coefficient (Wildman–Crippen LogP) is -0.545. The third kappa shape index (κ3) is 2.88. The van der Waals surface area contributed by atoms with Gasteiger partial charge in [0.25, 0.3) is 0 Å². The minimum absolute atomic E-state index is 0.0619. The van der Waals surface area contributed by atoms with Crippen molar-refractivity contribution in [3.8, 4) is 0 Å². The number of hydrogen-bond donors (Lipinski definition) is 1. The van der Waals surface area contributed by atoms with E-state index in [-0.39, 0.29) is 18.8 Å². The highest BCUT2D eigenvalue weighted by Crippen LogP contribution is 2.24. The van der Waals surface area contributed by atoms with Crippen LogP contribution < -0.4 is 0 Å². The normalized spacial score (nSPS) is 26.3. The molecule has 7 nitrogen and oxygen atoms in total. The Labute approximate surface area is 106 Å². The van der Waals surface area contributed by atoms with Crippen molar-refractivity contribution in [1.29, 1.82) is 0 Å². The number of aromatic nitrogens is 3. The Morgan fingerprint density at radius 1 is 1.50 bits per heavy atom. The smallest absolute Gasteiger partial charge is 0.213 e. The van der Waals surface area contributed by atoms with Gasteiger partial charge in [-0.2, -0.15) is 4.31 Å². The average Bonchev–Trinajstić information content (AvgIpc) is 2.81. The van der Waals surface area contributed by atoms with Crippen LogP contribution in [0, 0.1) is 0 Å². The van der Waals surface area contributed by atoms with Gasteiger partial charge in [0.1, 0.15) is 0 Å². The Hall–Kier alpha value is -0.990. The van der Waals surface area contributed by atoms with Crippen LogP contribution in [-0.4, -0.2) is 57.3 Å². The summed E-state index contributed by atoms with van der Waals surface area (Å²) in [5.41, 5.74) is -1.06. The van der Waals surface area contributed by atoms with Gasteiger partial charge in [0, 0.05) is 19.3 Å². The maximum absolute atomic E-state index is 11.8. The molecule has 1 aliphatic rings. The summed E-state index contributed by atoms with van der Waals surface area (Å²) in [7, 11) is -3.24. The molecule has 102 valence electrons. The van der Waals surface area contributed by atoms with Crippen LogP contribution in [0.3, 0.4) is 0 Å². The molecule has 0 bridgehead atoms. The second-order valence-corrected chi connectivity index (χ2v) is 6.92. The first kappa shape index (κ1) is 13.4. The van der Waals surface area contributed by atoms with Gasteiger partial charge in [-0.1, -0.05) is 5.21 Å². The molecule has 0 saturated carbocycles. The fourth-order valence-corrected chi connectivity index (χ4v) is 3.45. The standard InChI is InChI=1S/C10H18N4O3S/c1-2-18(16,17)14-6-3-4-10(15,9-14)8-13-7-5-11-12-13/h5,7,15H,2-4,6,8-9H2,1H3. The third-order valence-corrected chi connectivity index (χ3v) is 5.03. The predicted molar refractivity (Wildman–Crippen MR) is 65.2 cm³/mol. The van der Waals surface area contributed by atoms with Gasteiger partial charge in [0.05, 0.1) is 24.1 Å². The summed E-state index contributed by atoms with van der Waals surface area (Å²) in [5.74, 6) is 0.0619. The van der Waals surface area contributed by atoms with E-state index < -0.39 is 15.6 Å². The summed E-state index contributed by atoms with van der Waals surface area (Å²) in [6, 6.07) is 0. The van der Waals surface area contributed by atoms with Crippen LogP contribution in [0.5, 0.6) is 0 Å². The lowest BCUT2D eigenvalue weighted by Crippen LogP contribution is -2.52. The summed E-state index contributed by atoms with van der Waals surface area (Å²) in [6.45, 7) is 2.49. The van der Waals surface area contributed by atoms with Gasteiger partial charge in [-0.05, 0) is 19.8 Å². The molecule has 0 aromatic carbocycles. The molecule has 1 aliphatic heterocycles. The molecule has 8 heteroatoms. The first-order valence-corrected chi connectivity index (χ1v) is 7.60.